The highest BCUT2D eigenvalue weighted by molar-refractivity contribution is 5.95. The lowest BCUT2D eigenvalue weighted by molar-refractivity contribution is -0.384. The number of methoxy groups -OCH3 is 1. The number of carbonyl (C=O) groups is 2. The van der Waals surface area contributed by atoms with Crippen LogP contribution in [0.3, 0.4) is 0 Å². The minimum atomic E-state index is -0.912. The quantitative estimate of drug-likeness (QED) is 0.277. The molecule has 0 unspecified atom stereocenters. The zero-order valence-electron chi connectivity index (χ0n) is 16.7. The van der Waals surface area contributed by atoms with Crippen molar-refractivity contribution in [2.75, 3.05) is 25.6 Å². The molecule has 0 aromatic heterocycles. The van der Waals surface area contributed by atoms with Gasteiger partial charge in [-0.05, 0) is 29.8 Å². The van der Waals surface area contributed by atoms with Gasteiger partial charge < -0.3 is 31.0 Å². The molecule has 2 aromatic carbocycles. The minimum Gasteiger partial charge on any atom is -0.497 e. The molecule has 0 radical (unpaired) electrons. The number of nitro benzene ring substituents is 1. The SMILES string of the molecule is COc1ccc(COc2cc(C(N)=O)cc([N+](=O)[O-])c2NCC=CCOC(N)=O)cc1. The lowest BCUT2D eigenvalue weighted by atomic mass is 10.1. The van der Waals surface area contributed by atoms with Gasteiger partial charge in [0.1, 0.15) is 19.0 Å². The number of benzene rings is 2. The highest BCUT2D eigenvalue weighted by Gasteiger charge is 2.22. The van der Waals surface area contributed by atoms with Crippen LogP contribution in [0.4, 0.5) is 16.2 Å². The number of hydrogen-bond acceptors (Lipinski definition) is 8. The molecule has 0 bridgehead atoms. The van der Waals surface area contributed by atoms with E-state index in [1.165, 1.54) is 12.1 Å². The van der Waals surface area contributed by atoms with E-state index in [4.69, 9.17) is 20.9 Å². The van der Waals surface area contributed by atoms with Crippen LogP contribution in [0.2, 0.25) is 0 Å². The number of rotatable bonds is 11. The summed E-state index contributed by atoms with van der Waals surface area (Å²) in [5, 5.41) is 14.4. The fraction of sp³-hybridized carbons (Fsp3) is 0.200. The average Bonchev–Trinajstić information content (AvgIpc) is 2.74. The van der Waals surface area contributed by atoms with Crippen LogP contribution >= 0.6 is 0 Å². The summed E-state index contributed by atoms with van der Waals surface area (Å²) < 4.78 is 15.4. The molecule has 0 atom stereocenters. The van der Waals surface area contributed by atoms with E-state index in [0.717, 1.165) is 11.6 Å². The molecule has 0 saturated heterocycles. The molecule has 5 N–H and O–H groups in total. The monoisotopic (exact) mass is 430 g/mol. The van der Waals surface area contributed by atoms with Gasteiger partial charge in [0.25, 0.3) is 5.69 Å². The molecule has 11 nitrogen and oxygen atoms in total. The van der Waals surface area contributed by atoms with Crippen LogP contribution < -0.4 is 26.3 Å². The van der Waals surface area contributed by atoms with Crippen molar-refractivity contribution in [3.63, 3.8) is 0 Å². The Hall–Kier alpha value is -4.28. The first kappa shape index (κ1) is 23.0. The van der Waals surface area contributed by atoms with Crippen molar-refractivity contribution in [2.45, 2.75) is 6.61 Å². The molecule has 0 spiro atoms. The van der Waals surface area contributed by atoms with Gasteiger partial charge in [-0.15, -0.1) is 0 Å². The van der Waals surface area contributed by atoms with Gasteiger partial charge in [-0.25, -0.2) is 4.79 Å². The summed E-state index contributed by atoms with van der Waals surface area (Å²) in [5.74, 6) is -0.0716. The standard InChI is InChI=1S/C20H22N4O7/c1-29-15-6-4-13(5-7-15)12-31-17-11-14(19(21)25)10-16(24(27)28)18(17)23-8-2-3-9-30-20(22)26/h2-7,10-11,23H,8-9,12H2,1H3,(H2,21,25)(H2,22,26). The second-order valence-electron chi connectivity index (χ2n) is 6.11. The molecule has 0 fully saturated rings. The first-order valence-corrected chi connectivity index (χ1v) is 9.01. The highest BCUT2D eigenvalue weighted by atomic mass is 16.6. The first-order chi connectivity index (χ1) is 14.8. The Morgan fingerprint density at radius 2 is 1.87 bits per heavy atom. The number of nitrogens with one attached hydrogen (secondary N) is 1. The van der Waals surface area contributed by atoms with E-state index in [2.05, 4.69) is 10.1 Å². The van der Waals surface area contributed by atoms with Crippen molar-refractivity contribution in [2.24, 2.45) is 11.5 Å². The molecule has 2 amide bonds. The van der Waals surface area contributed by atoms with E-state index in [1.807, 2.05) is 0 Å². The summed E-state index contributed by atoms with van der Waals surface area (Å²) in [7, 11) is 1.55. The topological polar surface area (TPSA) is 169 Å². The number of amides is 2. The number of primary amides is 2. The summed E-state index contributed by atoms with van der Waals surface area (Å²) in [5.41, 5.74) is 10.6. The highest BCUT2D eigenvalue weighted by Crippen LogP contribution is 2.36. The molecule has 0 aliphatic carbocycles. The second kappa shape index (κ2) is 11.0. The predicted molar refractivity (Wildman–Crippen MR) is 112 cm³/mol. The van der Waals surface area contributed by atoms with Crippen LogP contribution in [-0.4, -0.2) is 37.2 Å². The second-order valence-corrected chi connectivity index (χ2v) is 6.11. The lowest BCUT2D eigenvalue weighted by Gasteiger charge is -2.14. The van der Waals surface area contributed by atoms with Crippen molar-refractivity contribution in [1.29, 1.82) is 0 Å². The number of carbonyl (C=O) groups excluding carboxylic acids is 2. The van der Waals surface area contributed by atoms with E-state index in [1.54, 1.807) is 37.5 Å². The number of anilines is 1. The van der Waals surface area contributed by atoms with Gasteiger partial charge in [0.2, 0.25) is 5.91 Å². The number of nitro groups is 1. The molecular formula is C20H22N4O7. The van der Waals surface area contributed by atoms with E-state index >= 15 is 0 Å². The summed E-state index contributed by atoms with van der Waals surface area (Å²) in [6.45, 7) is 0.193. The summed E-state index contributed by atoms with van der Waals surface area (Å²) in [6.07, 6.45) is 2.19. The Bertz CT molecular complexity index is 974. The Labute approximate surface area is 177 Å². The third kappa shape index (κ3) is 6.92. The van der Waals surface area contributed by atoms with Crippen LogP contribution in [0, 0.1) is 10.1 Å². The van der Waals surface area contributed by atoms with Crippen LogP contribution in [0.5, 0.6) is 11.5 Å². The van der Waals surface area contributed by atoms with E-state index in [0.29, 0.717) is 5.75 Å². The van der Waals surface area contributed by atoms with Gasteiger partial charge in [0, 0.05) is 18.2 Å². The average molecular weight is 430 g/mol. The number of nitrogens with zero attached hydrogens (tertiary/aromatic N) is 1. The lowest BCUT2D eigenvalue weighted by Crippen LogP contribution is -2.14. The Morgan fingerprint density at radius 3 is 2.45 bits per heavy atom. The van der Waals surface area contributed by atoms with Gasteiger partial charge in [0.05, 0.1) is 12.0 Å². The fourth-order valence-electron chi connectivity index (χ4n) is 2.50. The van der Waals surface area contributed by atoms with Crippen LogP contribution in [0.1, 0.15) is 15.9 Å². The van der Waals surface area contributed by atoms with Crippen molar-refractivity contribution in [1.82, 2.24) is 0 Å². The maximum Gasteiger partial charge on any atom is 0.404 e. The Morgan fingerprint density at radius 1 is 1.16 bits per heavy atom. The predicted octanol–water partition coefficient (Wildman–Crippen LogP) is 2.34. The van der Waals surface area contributed by atoms with Crippen molar-refractivity contribution < 1.29 is 28.7 Å². The molecule has 31 heavy (non-hydrogen) atoms. The molecule has 0 aliphatic heterocycles. The first-order valence-electron chi connectivity index (χ1n) is 9.01. The summed E-state index contributed by atoms with van der Waals surface area (Å²) in [4.78, 5) is 33.1. The smallest absolute Gasteiger partial charge is 0.404 e. The van der Waals surface area contributed by atoms with Crippen LogP contribution in [-0.2, 0) is 11.3 Å². The number of ether oxygens (including phenoxy) is 3. The zero-order valence-corrected chi connectivity index (χ0v) is 16.7. The van der Waals surface area contributed by atoms with Crippen molar-refractivity contribution >= 4 is 23.4 Å². The van der Waals surface area contributed by atoms with E-state index in [-0.39, 0.29) is 42.4 Å². The molecule has 0 heterocycles. The van der Waals surface area contributed by atoms with E-state index in [9.17, 15) is 19.7 Å². The molecule has 11 heteroatoms. The van der Waals surface area contributed by atoms with Crippen molar-refractivity contribution in [3.8, 4) is 11.5 Å². The minimum absolute atomic E-state index is 0.0411. The molecular weight excluding hydrogens is 408 g/mol. The third-order valence-corrected chi connectivity index (χ3v) is 4.00. The molecule has 0 aliphatic rings. The normalized spacial score (nSPS) is 10.5. The van der Waals surface area contributed by atoms with Gasteiger partial charge in [-0.2, -0.15) is 0 Å². The third-order valence-electron chi connectivity index (χ3n) is 4.00. The van der Waals surface area contributed by atoms with Gasteiger partial charge in [-0.3, -0.25) is 14.9 Å². The fourth-order valence-corrected chi connectivity index (χ4v) is 2.50. The summed E-state index contributed by atoms with van der Waals surface area (Å²) in [6, 6.07) is 9.46. The van der Waals surface area contributed by atoms with Gasteiger partial charge >= 0.3 is 6.09 Å². The number of hydrogen-bond donors (Lipinski definition) is 3. The van der Waals surface area contributed by atoms with Crippen molar-refractivity contribution in [3.05, 3.63) is 69.8 Å². The molecule has 2 rings (SSSR count). The summed E-state index contributed by atoms with van der Waals surface area (Å²) >= 11 is 0. The van der Waals surface area contributed by atoms with Crippen LogP contribution in [0.15, 0.2) is 48.6 Å². The van der Waals surface area contributed by atoms with Crippen LogP contribution in [0.25, 0.3) is 0 Å². The Balaban J connectivity index is 2.25. The largest absolute Gasteiger partial charge is 0.497 e. The van der Waals surface area contributed by atoms with Gasteiger partial charge in [-0.1, -0.05) is 18.2 Å². The van der Waals surface area contributed by atoms with Gasteiger partial charge in [0.15, 0.2) is 11.4 Å². The number of nitrogens with two attached hydrogens (primary N) is 2. The zero-order chi connectivity index (χ0) is 22.8. The Kier molecular flexibility index (Phi) is 8.20. The molecule has 2 aromatic rings. The molecule has 0 saturated carbocycles. The molecule has 164 valence electrons. The maximum atomic E-state index is 11.6. The maximum absolute atomic E-state index is 11.6. The van der Waals surface area contributed by atoms with E-state index < -0.39 is 16.9 Å².